The lowest BCUT2D eigenvalue weighted by Gasteiger charge is -2.03. The number of aliphatic hydroxyl groups is 1. The van der Waals surface area contributed by atoms with Gasteiger partial charge in [-0.3, -0.25) is 9.78 Å². The second-order valence-electron chi connectivity index (χ2n) is 3.27. The molecule has 0 aliphatic carbocycles. The quantitative estimate of drug-likeness (QED) is 0.832. The van der Waals surface area contributed by atoms with Gasteiger partial charge >= 0.3 is 0 Å². The number of pyridine rings is 2. The van der Waals surface area contributed by atoms with E-state index in [2.05, 4.69) is 9.97 Å². The topological polar surface area (TPSA) is 66.0 Å². The Morgan fingerprint density at radius 2 is 2.19 bits per heavy atom. The Balaban J connectivity index is 2.55. The van der Waals surface area contributed by atoms with E-state index >= 15 is 0 Å². The summed E-state index contributed by atoms with van der Waals surface area (Å²) in [4.78, 5) is 18.3. The molecule has 0 aliphatic heterocycles. The van der Waals surface area contributed by atoms with Crippen molar-refractivity contribution in [2.24, 2.45) is 0 Å². The molecule has 4 nitrogen and oxygen atoms in total. The normalized spacial score (nSPS) is 10.4. The average Bonchev–Trinajstić information content (AvgIpc) is 2.28. The zero-order chi connectivity index (χ0) is 11.5. The molecule has 2 heterocycles. The van der Waals surface area contributed by atoms with Crippen molar-refractivity contribution in [3.63, 3.8) is 0 Å². The van der Waals surface area contributed by atoms with Crippen molar-refractivity contribution in [2.75, 3.05) is 0 Å². The first-order chi connectivity index (χ1) is 7.69. The Kier molecular flexibility index (Phi) is 3.03. The number of aromatic amines is 1. The molecule has 0 aromatic carbocycles. The van der Waals surface area contributed by atoms with Gasteiger partial charge in [-0.1, -0.05) is 11.6 Å². The molecule has 2 rings (SSSR count). The van der Waals surface area contributed by atoms with E-state index in [1.807, 2.05) is 0 Å². The molecule has 2 aromatic heterocycles. The standard InChI is InChI=1S/C11H9ClN2O2/c12-7-1-2-13-10(3-7)11-5-9(16)4-8(6-15)14-11/h1-5,15H,6H2,(H,14,16). The maximum Gasteiger partial charge on any atom is 0.182 e. The summed E-state index contributed by atoms with van der Waals surface area (Å²) in [7, 11) is 0. The third kappa shape index (κ3) is 2.29. The van der Waals surface area contributed by atoms with Gasteiger partial charge in [0.1, 0.15) is 0 Å². The van der Waals surface area contributed by atoms with Crippen molar-refractivity contribution in [3.8, 4) is 11.4 Å². The van der Waals surface area contributed by atoms with Crippen LogP contribution < -0.4 is 5.43 Å². The van der Waals surface area contributed by atoms with Crippen LogP contribution in [0.5, 0.6) is 0 Å². The van der Waals surface area contributed by atoms with Crippen LogP contribution in [-0.4, -0.2) is 15.1 Å². The Bertz CT molecular complexity index is 566. The van der Waals surface area contributed by atoms with E-state index in [-0.39, 0.29) is 12.0 Å². The fraction of sp³-hybridized carbons (Fsp3) is 0.0909. The van der Waals surface area contributed by atoms with Crippen molar-refractivity contribution >= 4 is 11.6 Å². The first-order valence-corrected chi connectivity index (χ1v) is 5.03. The third-order valence-electron chi connectivity index (χ3n) is 2.07. The minimum absolute atomic E-state index is 0.181. The van der Waals surface area contributed by atoms with Gasteiger partial charge in [0.25, 0.3) is 0 Å². The summed E-state index contributed by atoms with van der Waals surface area (Å²) in [5, 5.41) is 9.51. The van der Waals surface area contributed by atoms with Gasteiger partial charge in [0.2, 0.25) is 0 Å². The van der Waals surface area contributed by atoms with E-state index in [1.165, 1.54) is 12.1 Å². The number of H-pyrrole nitrogens is 1. The average molecular weight is 237 g/mol. The molecule has 16 heavy (non-hydrogen) atoms. The molecule has 0 bridgehead atoms. The number of aromatic nitrogens is 2. The highest BCUT2D eigenvalue weighted by Gasteiger charge is 2.03. The molecule has 82 valence electrons. The molecule has 2 aromatic rings. The highest BCUT2D eigenvalue weighted by Crippen LogP contribution is 2.17. The van der Waals surface area contributed by atoms with Crippen LogP contribution in [0.15, 0.2) is 35.3 Å². The van der Waals surface area contributed by atoms with E-state index in [9.17, 15) is 4.79 Å². The summed E-state index contributed by atoms with van der Waals surface area (Å²) in [6.07, 6.45) is 1.56. The molecule has 0 saturated carbocycles. The monoisotopic (exact) mass is 236 g/mol. The van der Waals surface area contributed by atoms with Crippen LogP contribution in [0.1, 0.15) is 5.69 Å². The fourth-order valence-corrected chi connectivity index (χ4v) is 1.54. The molecule has 0 amide bonds. The summed E-state index contributed by atoms with van der Waals surface area (Å²) in [6.45, 7) is -0.219. The van der Waals surface area contributed by atoms with Crippen LogP contribution in [0.3, 0.4) is 0 Å². The summed E-state index contributed by atoms with van der Waals surface area (Å²) in [5.41, 5.74) is 1.38. The summed E-state index contributed by atoms with van der Waals surface area (Å²) in [5.74, 6) is 0. The van der Waals surface area contributed by atoms with Gasteiger partial charge in [0.05, 0.1) is 18.0 Å². The zero-order valence-electron chi connectivity index (χ0n) is 8.27. The van der Waals surface area contributed by atoms with E-state index in [1.54, 1.807) is 18.3 Å². The van der Waals surface area contributed by atoms with Crippen LogP contribution in [-0.2, 0) is 6.61 Å². The number of rotatable bonds is 2. The molecule has 5 heteroatoms. The molecule has 0 saturated heterocycles. The lowest BCUT2D eigenvalue weighted by Crippen LogP contribution is -2.04. The zero-order valence-corrected chi connectivity index (χ0v) is 9.03. The predicted molar refractivity (Wildman–Crippen MR) is 61.2 cm³/mol. The molecule has 0 fully saturated rings. The van der Waals surface area contributed by atoms with Crippen LogP contribution in [0.2, 0.25) is 5.02 Å². The number of aliphatic hydroxyl groups excluding tert-OH is 1. The van der Waals surface area contributed by atoms with Crippen molar-refractivity contribution in [2.45, 2.75) is 6.61 Å². The number of hydrogen-bond donors (Lipinski definition) is 2. The summed E-state index contributed by atoms with van der Waals surface area (Å²) < 4.78 is 0. The maximum atomic E-state index is 11.3. The van der Waals surface area contributed by atoms with Crippen molar-refractivity contribution in [3.05, 3.63) is 51.4 Å². The highest BCUT2D eigenvalue weighted by atomic mass is 35.5. The Hall–Kier alpha value is -1.65. The molecule has 0 radical (unpaired) electrons. The van der Waals surface area contributed by atoms with Gasteiger partial charge < -0.3 is 10.1 Å². The number of hydrogen-bond acceptors (Lipinski definition) is 3. The molecule has 0 atom stereocenters. The molecule has 2 N–H and O–H groups in total. The minimum Gasteiger partial charge on any atom is -0.390 e. The second-order valence-corrected chi connectivity index (χ2v) is 3.71. The van der Waals surface area contributed by atoms with Gasteiger partial charge in [0.15, 0.2) is 5.43 Å². The van der Waals surface area contributed by atoms with E-state index in [0.717, 1.165) is 0 Å². The van der Waals surface area contributed by atoms with Crippen molar-refractivity contribution in [1.29, 1.82) is 0 Å². The summed E-state index contributed by atoms with van der Waals surface area (Å²) in [6, 6.07) is 6.05. The van der Waals surface area contributed by atoms with Crippen molar-refractivity contribution < 1.29 is 5.11 Å². The Morgan fingerprint density at radius 1 is 1.38 bits per heavy atom. The molecule has 0 unspecified atom stereocenters. The maximum absolute atomic E-state index is 11.3. The van der Waals surface area contributed by atoms with Crippen LogP contribution in [0, 0.1) is 0 Å². The first kappa shape index (κ1) is 10.9. The number of nitrogens with zero attached hydrogens (tertiary/aromatic N) is 1. The minimum atomic E-state index is -0.219. The highest BCUT2D eigenvalue weighted by molar-refractivity contribution is 6.30. The third-order valence-corrected chi connectivity index (χ3v) is 2.30. The number of halogens is 1. The van der Waals surface area contributed by atoms with Crippen LogP contribution in [0.4, 0.5) is 0 Å². The fourth-order valence-electron chi connectivity index (χ4n) is 1.38. The molecular weight excluding hydrogens is 228 g/mol. The van der Waals surface area contributed by atoms with Crippen molar-refractivity contribution in [1.82, 2.24) is 9.97 Å². The van der Waals surface area contributed by atoms with Gasteiger partial charge in [0, 0.05) is 29.0 Å². The largest absolute Gasteiger partial charge is 0.390 e. The second kappa shape index (κ2) is 4.47. The SMILES string of the molecule is O=c1cc(CO)[nH]c(-c2cc(Cl)ccn2)c1. The number of nitrogens with one attached hydrogen (secondary N) is 1. The van der Waals surface area contributed by atoms with Gasteiger partial charge in [-0.2, -0.15) is 0 Å². The van der Waals surface area contributed by atoms with E-state index < -0.39 is 0 Å². The van der Waals surface area contributed by atoms with Crippen LogP contribution >= 0.6 is 11.6 Å². The van der Waals surface area contributed by atoms with Gasteiger partial charge in [-0.05, 0) is 12.1 Å². The predicted octanol–water partition coefficient (Wildman–Crippen LogP) is 1.58. The van der Waals surface area contributed by atoms with E-state index in [4.69, 9.17) is 16.7 Å². The van der Waals surface area contributed by atoms with Gasteiger partial charge in [-0.25, -0.2) is 0 Å². The molecule has 0 aliphatic rings. The first-order valence-electron chi connectivity index (χ1n) is 4.65. The van der Waals surface area contributed by atoms with E-state index in [0.29, 0.717) is 22.1 Å². The lowest BCUT2D eigenvalue weighted by atomic mass is 10.2. The van der Waals surface area contributed by atoms with Crippen LogP contribution in [0.25, 0.3) is 11.4 Å². The summed E-state index contributed by atoms with van der Waals surface area (Å²) >= 11 is 5.83. The molecule has 0 spiro atoms. The lowest BCUT2D eigenvalue weighted by molar-refractivity contribution is 0.277. The Morgan fingerprint density at radius 3 is 2.88 bits per heavy atom. The smallest absolute Gasteiger partial charge is 0.182 e. The van der Waals surface area contributed by atoms with Gasteiger partial charge in [-0.15, -0.1) is 0 Å². The Labute approximate surface area is 96.6 Å². The molecular formula is C11H9ClN2O2.